The van der Waals surface area contributed by atoms with Crippen molar-refractivity contribution in [2.75, 3.05) is 13.2 Å². The number of carbonyl (C=O) groups is 1. The topological polar surface area (TPSA) is 70.6 Å². The summed E-state index contributed by atoms with van der Waals surface area (Å²) in [6, 6.07) is -0.138. The van der Waals surface area contributed by atoms with Crippen LogP contribution in [0, 0.1) is 0 Å². The van der Waals surface area contributed by atoms with Gasteiger partial charge in [-0.2, -0.15) is 0 Å². The van der Waals surface area contributed by atoms with E-state index >= 15 is 0 Å². The zero-order valence-corrected chi connectivity index (χ0v) is 10.0. The first-order valence-electron chi connectivity index (χ1n) is 5.97. The molecule has 0 aromatic heterocycles. The summed E-state index contributed by atoms with van der Waals surface area (Å²) < 4.78 is 5.34. The molecule has 3 unspecified atom stereocenters. The third-order valence-corrected chi connectivity index (χ3v) is 2.81. The van der Waals surface area contributed by atoms with Gasteiger partial charge in [0.15, 0.2) is 0 Å². The minimum absolute atomic E-state index is 0.0753. The first-order chi connectivity index (χ1) is 7.63. The maximum absolute atomic E-state index is 11.5. The van der Waals surface area contributed by atoms with Crippen molar-refractivity contribution in [1.82, 2.24) is 10.6 Å². The van der Waals surface area contributed by atoms with Crippen LogP contribution in [0.4, 0.5) is 4.79 Å². The zero-order chi connectivity index (χ0) is 12.0. The number of ether oxygens (including phenoxy) is 1. The summed E-state index contributed by atoms with van der Waals surface area (Å²) in [6.07, 6.45) is 2.10. The van der Waals surface area contributed by atoms with E-state index in [0.29, 0.717) is 19.6 Å². The van der Waals surface area contributed by atoms with E-state index in [1.165, 1.54) is 0 Å². The average Bonchev–Trinajstić information content (AvgIpc) is 2.62. The van der Waals surface area contributed by atoms with Crippen LogP contribution in [0.3, 0.4) is 0 Å². The molecular formula is C11H22N2O3. The van der Waals surface area contributed by atoms with E-state index in [4.69, 9.17) is 4.74 Å². The fraction of sp³-hybridized carbons (Fsp3) is 0.909. The van der Waals surface area contributed by atoms with Crippen molar-refractivity contribution < 1.29 is 14.6 Å². The van der Waals surface area contributed by atoms with Crippen molar-refractivity contribution in [3.05, 3.63) is 0 Å². The standard InChI is InChI=1S/C11H22N2O3/c1-3-4-9(14)7-12-11(15)13-10-5-6-16-8(10)2/h8-10,14H,3-7H2,1-2H3,(H2,12,13,15). The van der Waals surface area contributed by atoms with Gasteiger partial charge in [0, 0.05) is 13.2 Å². The monoisotopic (exact) mass is 230 g/mol. The van der Waals surface area contributed by atoms with E-state index in [1.54, 1.807) is 0 Å². The van der Waals surface area contributed by atoms with Gasteiger partial charge in [0.25, 0.3) is 0 Å². The molecule has 1 saturated heterocycles. The van der Waals surface area contributed by atoms with Crippen LogP contribution in [-0.4, -0.2) is 42.5 Å². The van der Waals surface area contributed by atoms with Crippen LogP contribution in [-0.2, 0) is 4.74 Å². The number of hydrogen-bond acceptors (Lipinski definition) is 3. The van der Waals surface area contributed by atoms with Crippen molar-refractivity contribution in [1.29, 1.82) is 0 Å². The maximum Gasteiger partial charge on any atom is 0.315 e. The van der Waals surface area contributed by atoms with Gasteiger partial charge in [-0.25, -0.2) is 4.79 Å². The molecule has 1 aliphatic rings. The summed E-state index contributed by atoms with van der Waals surface area (Å²) in [7, 11) is 0. The quantitative estimate of drug-likeness (QED) is 0.648. The van der Waals surface area contributed by atoms with Gasteiger partial charge in [0.05, 0.1) is 18.2 Å². The van der Waals surface area contributed by atoms with Gasteiger partial charge in [-0.15, -0.1) is 0 Å². The number of rotatable bonds is 5. The predicted octanol–water partition coefficient (Wildman–Crippen LogP) is 0.624. The lowest BCUT2D eigenvalue weighted by Crippen LogP contribution is -2.46. The molecule has 5 nitrogen and oxygen atoms in total. The van der Waals surface area contributed by atoms with Gasteiger partial charge in [0.2, 0.25) is 0 Å². The number of carbonyl (C=O) groups excluding carboxylic acids is 1. The molecule has 5 heteroatoms. The minimum Gasteiger partial charge on any atom is -0.391 e. The van der Waals surface area contributed by atoms with Crippen molar-refractivity contribution >= 4 is 6.03 Å². The zero-order valence-electron chi connectivity index (χ0n) is 10.0. The molecule has 0 aliphatic carbocycles. The maximum atomic E-state index is 11.5. The average molecular weight is 230 g/mol. The predicted molar refractivity (Wildman–Crippen MR) is 61.3 cm³/mol. The highest BCUT2D eigenvalue weighted by Gasteiger charge is 2.25. The molecule has 0 bridgehead atoms. The molecule has 3 N–H and O–H groups in total. The second-order valence-electron chi connectivity index (χ2n) is 4.27. The summed E-state index contributed by atoms with van der Waals surface area (Å²) in [5, 5.41) is 14.9. The number of urea groups is 1. The van der Waals surface area contributed by atoms with Crippen LogP contribution >= 0.6 is 0 Å². The number of nitrogens with one attached hydrogen (secondary N) is 2. The Labute approximate surface area is 96.6 Å². The molecule has 3 atom stereocenters. The molecule has 2 amide bonds. The third-order valence-electron chi connectivity index (χ3n) is 2.81. The fourth-order valence-electron chi connectivity index (χ4n) is 1.79. The molecule has 1 rings (SSSR count). The van der Waals surface area contributed by atoms with E-state index in [9.17, 15) is 9.90 Å². The van der Waals surface area contributed by atoms with Gasteiger partial charge >= 0.3 is 6.03 Å². The van der Waals surface area contributed by atoms with Crippen molar-refractivity contribution in [3.8, 4) is 0 Å². The number of aliphatic hydroxyl groups excluding tert-OH is 1. The Hall–Kier alpha value is -0.810. The second kappa shape index (κ2) is 6.70. The summed E-state index contributed by atoms with van der Waals surface area (Å²) >= 11 is 0. The highest BCUT2D eigenvalue weighted by atomic mass is 16.5. The van der Waals surface area contributed by atoms with Gasteiger partial charge in [-0.3, -0.25) is 0 Å². The molecule has 0 aromatic carbocycles. The van der Waals surface area contributed by atoms with E-state index in [-0.39, 0.29) is 18.2 Å². The molecule has 1 fully saturated rings. The summed E-state index contributed by atoms with van der Waals surface area (Å²) in [4.78, 5) is 11.5. The second-order valence-corrected chi connectivity index (χ2v) is 4.27. The normalized spacial score (nSPS) is 26.4. The van der Waals surface area contributed by atoms with Crippen LogP contribution in [0.1, 0.15) is 33.1 Å². The molecule has 1 aliphatic heterocycles. The lowest BCUT2D eigenvalue weighted by Gasteiger charge is -2.17. The third kappa shape index (κ3) is 4.37. The first-order valence-corrected chi connectivity index (χ1v) is 5.97. The molecule has 0 saturated carbocycles. The summed E-state index contributed by atoms with van der Waals surface area (Å²) in [5.41, 5.74) is 0. The Bertz CT molecular complexity index is 223. The fourth-order valence-corrected chi connectivity index (χ4v) is 1.79. The largest absolute Gasteiger partial charge is 0.391 e. The molecular weight excluding hydrogens is 208 g/mol. The van der Waals surface area contributed by atoms with Crippen LogP contribution in [0.5, 0.6) is 0 Å². The van der Waals surface area contributed by atoms with Crippen molar-refractivity contribution in [2.24, 2.45) is 0 Å². The Kier molecular flexibility index (Phi) is 5.55. The molecule has 1 heterocycles. The van der Waals surface area contributed by atoms with Crippen LogP contribution in [0.2, 0.25) is 0 Å². The van der Waals surface area contributed by atoms with E-state index in [1.807, 2.05) is 13.8 Å². The van der Waals surface area contributed by atoms with Crippen LogP contribution in [0.15, 0.2) is 0 Å². The Morgan fingerprint density at radius 2 is 2.38 bits per heavy atom. The lowest BCUT2D eigenvalue weighted by atomic mass is 10.2. The molecule has 16 heavy (non-hydrogen) atoms. The van der Waals surface area contributed by atoms with Gasteiger partial charge in [-0.1, -0.05) is 13.3 Å². The smallest absolute Gasteiger partial charge is 0.315 e. The highest BCUT2D eigenvalue weighted by Crippen LogP contribution is 2.12. The van der Waals surface area contributed by atoms with Gasteiger partial charge < -0.3 is 20.5 Å². The van der Waals surface area contributed by atoms with Gasteiger partial charge in [-0.05, 0) is 19.8 Å². The van der Waals surface area contributed by atoms with Crippen molar-refractivity contribution in [3.63, 3.8) is 0 Å². The van der Waals surface area contributed by atoms with Crippen molar-refractivity contribution in [2.45, 2.75) is 51.4 Å². The minimum atomic E-state index is -0.451. The first kappa shape index (κ1) is 13.3. The number of amides is 2. The molecule has 0 radical (unpaired) electrons. The van der Waals surface area contributed by atoms with Crippen LogP contribution < -0.4 is 10.6 Å². The molecule has 94 valence electrons. The van der Waals surface area contributed by atoms with Gasteiger partial charge in [0.1, 0.15) is 0 Å². The van der Waals surface area contributed by atoms with E-state index in [2.05, 4.69) is 10.6 Å². The van der Waals surface area contributed by atoms with E-state index in [0.717, 1.165) is 12.8 Å². The lowest BCUT2D eigenvalue weighted by molar-refractivity contribution is 0.113. The summed E-state index contributed by atoms with van der Waals surface area (Å²) in [6.45, 7) is 4.96. The Morgan fingerprint density at radius 3 is 2.94 bits per heavy atom. The Balaban J connectivity index is 2.15. The molecule has 0 spiro atoms. The number of aliphatic hydroxyl groups is 1. The van der Waals surface area contributed by atoms with Crippen LogP contribution in [0.25, 0.3) is 0 Å². The summed E-state index contributed by atoms with van der Waals surface area (Å²) in [5.74, 6) is 0. The highest BCUT2D eigenvalue weighted by molar-refractivity contribution is 5.74. The van der Waals surface area contributed by atoms with E-state index < -0.39 is 6.10 Å². The Morgan fingerprint density at radius 1 is 1.62 bits per heavy atom. The SMILES string of the molecule is CCCC(O)CNC(=O)NC1CCOC1C. The molecule has 0 aromatic rings. The number of hydrogen-bond donors (Lipinski definition) is 3.